The lowest BCUT2D eigenvalue weighted by Crippen LogP contribution is -2.61. The third kappa shape index (κ3) is 53.5. The number of carbonyl (C=O) groups is 1. The van der Waals surface area contributed by atoms with Crippen LogP contribution in [0.4, 0.5) is 0 Å². The second-order valence-corrected chi connectivity index (χ2v) is 27.7. The topological polar surface area (TPSA) is 192 Å². The molecule has 1 aliphatic heterocycles. The highest BCUT2D eigenvalue weighted by Gasteiger charge is 2.48. The molecule has 1 rings (SSSR count). The van der Waals surface area contributed by atoms with E-state index in [1.807, 2.05) is 0 Å². The number of ether oxygens (including phenoxy) is 2. The lowest BCUT2D eigenvalue weighted by atomic mass is 9.99. The molecule has 1 amide bonds. The third-order valence-corrected chi connectivity index (χ3v) is 18.9. The fraction of sp³-hybridized carbons (Fsp3) is 0.986. The summed E-state index contributed by atoms with van der Waals surface area (Å²) in [6, 6.07) is -0.855. The van der Waals surface area contributed by atoms with E-state index in [2.05, 4.69) is 23.3 Å². The van der Waals surface area contributed by atoms with Crippen LogP contribution in [0.5, 0.6) is 0 Å². The van der Waals surface area contributed by atoms with Crippen molar-refractivity contribution in [3.8, 4) is 0 Å². The SMILES string of the molecule is CCCCCCCCCCCCCCCCCCCCCCCCCCCCCCCCCCCCCCCCCC(=O)NC(COC1OC(CO)C(O)C(OS(=O)(=O)O)C1O)C(O)CCCCCCCCCCCCCCCCCCCCC. The van der Waals surface area contributed by atoms with E-state index in [1.165, 1.54) is 321 Å². The number of amides is 1. The van der Waals surface area contributed by atoms with Gasteiger partial charge in [0.15, 0.2) is 6.29 Å². The Morgan fingerprint density at radius 2 is 0.682 bits per heavy atom. The summed E-state index contributed by atoms with van der Waals surface area (Å²) in [6.45, 7) is 3.53. The molecule has 0 radical (unpaired) electrons. The van der Waals surface area contributed by atoms with Crippen molar-refractivity contribution in [1.82, 2.24) is 5.32 Å². The minimum absolute atomic E-state index is 0.219. The monoisotopic (exact) mass is 1230 g/mol. The van der Waals surface area contributed by atoms with Crippen LogP contribution in [0.1, 0.15) is 399 Å². The van der Waals surface area contributed by atoms with Crippen molar-refractivity contribution in [1.29, 1.82) is 0 Å². The Bertz CT molecular complexity index is 1490. The Labute approximate surface area is 526 Å². The molecule has 1 saturated heterocycles. The smallest absolute Gasteiger partial charge is 0.394 e. The number of carbonyl (C=O) groups excluding carboxylic acids is 1. The molecule has 0 aromatic heterocycles. The summed E-state index contributed by atoms with van der Waals surface area (Å²) in [6.07, 6.45) is 68.9. The van der Waals surface area contributed by atoms with E-state index >= 15 is 0 Å². The molecule has 0 aromatic carbocycles. The van der Waals surface area contributed by atoms with Gasteiger partial charge in [-0.3, -0.25) is 9.35 Å². The van der Waals surface area contributed by atoms with Crippen molar-refractivity contribution in [2.45, 2.75) is 442 Å². The first-order chi connectivity index (χ1) is 41.5. The third-order valence-electron chi connectivity index (χ3n) is 18.4. The molecule has 1 aliphatic rings. The Balaban J connectivity index is 2.12. The molecular formula is C72H143NO11S. The van der Waals surface area contributed by atoms with Gasteiger partial charge in [0, 0.05) is 6.42 Å². The fourth-order valence-electron chi connectivity index (χ4n) is 12.7. The molecule has 13 heteroatoms. The zero-order valence-electron chi connectivity index (χ0n) is 56.0. The summed E-state index contributed by atoms with van der Waals surface area (Å²) < 4.78 is 48.1. The minimum Gasteiger partial charge on any atom is -0.394 e. The molecule has 1 fully saturated rings. The lowest BCUT2D eigenvalue weighted by Gasteiger charge is -2.41. The largest absolute Gasteiger partial charge is 0.397 e. The van der Waals surface area contributed by atoms with Crippen molar-refractivity contribution in [2.75, 3.05) is 13.2 Å². The van der Waals surface area contributed by atoms with Gasteiger partial charge in [-0.15, -0.1) is 0 Å². The fourth-order valence-corrected chi connectivity index (χ4v) is 13.2. The van der Waals surface area contributed by atoms with Gasteiger partial charge in [0.25, 0.3) is 0 Å². The maximum Gasteiger partial charge on any atom is 0.397 e. The number of hydrogen-bond acceptors (Lipinski definition) is 10. The van der Waals surface area contributed by atoms with Crippen LogP contribution < -0.4 is 5.32 Å². The highest BCUT2D eigenvalue weighted by Crippen LogP contribution is 2.27. The van der Waals surface area contributed by atoms with Gasteiger partial charge in [-0.05, 0) is 12.8 Å². The summed E-state index contributed by atoms with van der Waals surface area (Å²) >= 11 is 0. The minimum atomic E-state index is -5.08. The second-order valence-electron chi connectivity index (χ2n) is 26.6. The molecule has 7 unspecified atom stereocenters. The zero-order chi connectivity index (χ0) is 61.8. The average Bonchev–Trinajstić information content (AvgIpc) is 3.31. The van der Waals surface area contributed by atoms with Crippen LogP contribution in [0.2, 0.25) is 0 Å². The maximum atomic E-state index is 13.2. The van der Waals surface area contributed by atoms with E-state index in [0.29, 0.717) is 12.8 Å². The molecule has 12 nitrogen and oxygen atoms in total. The molecule has 1 heterocycles. The Morgan fingerprint density at radius 3 is 0.941 bits per heavy atom. The van der Waals surface area contributed by atoms with Crippen molar-refractivity contribution >= 4 is 16.3 Å². The average molecular weight is 1230 g/mol. The predicted octanol–water partition coefficient (Wildman–Crippen LogP) is 19.9. The molecule has 508 valence electrons. The van der Waals surface area contributed by atoms with Crippen molar-refractivity contribution < 1.29 is 51.8 Å². The Morgan fingerprint density at radius 1 is 0.424 bits per heavy atom. The van der Waals surface area contributed by atoms with E-state index in [-0.39, 0.29) is 12.5 Å². The molecule has 85 heavy (non-hydrogen) atoms. The van der Waals surface area contributed by atoms with E-state index in [0.717, 1.165) is 51.4 Å². The standard InChI is InChI=1S/C72H143NO11S/c1-3-5-7-9-11-13-15-17-19-21-23-24-25-26-27-28-29-30-31-32-33-34-35-36-37-38-39-40-41-42-44-46-48-50-52-54-56-58-60-62-68(76)73-65(64-82-72-70(78)71(84-85(79,80)81)69(77)67(63-74)83-72)66(75)61-59-57-55-53-51-49-47-45-43-22-20-18-16-14-12-10-8-6-4-2/h65-67,69-72,74-75,77-78H,3-64H2,1-2H3,(H,73,76)(H,79,80,81). The van der Waals surface area contributed by atoms with Crippen LogP contribution in [0.3, 0.4) is 0 Å². The summed E-state index contributed by atoms with van der Waals surface area (Å²) in [7, 11) is -5.08. The summed E-state index contributed by atoms with van der Waals surface area (Å²) in [5.41, 5.74) is 0. The highest BCUT2D eigenvalue weighted by atomic mass is 32.3. The van der Waals surface area contributed by atoms with Crippen LogP contribution in [0.15, 0.2) is 0 Å². The van der Waals surface area contributed by atoms with Crippen molar-refractivity contribution in [3.63, 3.8) is 0 Å². The number of aliphatic hydroxyl groups is 4. The van der Waals surface area contributed by atoms with Gasteiger partial charge in [0.2, 0.25) is 5.91 Å². The highest BCUT2D eigenvalue weighted by molar-refractivity contribution is 7.80. The summed E-state index contributed by atoms with van der Waals surface area (Å²) in [5.74, 6) is -0.219. The first-order valence-corrected chi connectivity index (χ1v) is 38.8. The normalized spacial score (nSPS) is 18.1. The Kier molecular flexibility index (Phi) is 59.8. The summed E-state index contributed by atoms with van der Waals surface area (Å²) in [4.78, 5) is 13.2. The van der Waals surface area contributed by atoms with Crippen LogP contribution in [-0.4, -0.2) is 95.4 Å². The van der Waals surface area contributed by atoms with Gasteiger partial charge in [-0.25, -0.2) is 4.18 Å². The first kappa shape index (κ1) is 82.1. The van der Waals surface area contributed by atoms with Crippen LogP contribution in [0.25, 0.3) is 0 Å². The number of rotatable bonds is 68. The van der Waals surface area contributed by atoms with E-state index < -0.39 is 59.9 Å². The van der Waals surface area contributed by atoms with Gasteiger partial charge in [-0.1, -0.05) is 380 Å². The van der Waals surface area contributed by atoms with E-state index in [4.69, 9.17) is 9.47 Å². The maximum absolute atomic E-state index is 13.2. The van der Waals surface area contributed by atoms with Crippen LogP contribution in [0, 0.1) is 0 Å². The molecule has 0 saturated carbocycles. The Hall–Kier alpha value is -0.900. The first-order valence-electron chi connectivity index (χ1n) is 37.4. The molecule has 0 spiro atoms. The van der Waals surface area contributed by atoms with Gasteiger partial charge in [0.05, 0.1) is 25.4 Å². The van der Waals surface area contributed by atoms with Gasteiger partial charge in [0.1, 0.15) is 24.4 Å². The van der Waals surface area contributed by atoms with Crippen LogP contribution >= 0.6 is 0 Å². The molecule has 7 atom stereocenters. The molecule has 6 N–H and O–H groups in total. The number of unbranched alkanes of at least 4 members (excludes halogenated alkanes) is 56. The quantitative estimate of drug-likeness (QED) is 0.0251. The number of aliphatic hydroxyl groups excluding tert-OH is 4. The zero-order valence-corrected chi connectivity index (χ0v) is 56.8. The molecule has 0 aromatic rings. The van der Waals surface area contributed by atoms with Gasteiger partial charge >= 0.3 is 10.4 Å². The lowest BCUT2D eigenvalue weighted by molar-refractivity contribution is -0.298. The number of nitrogens with one attached hydrogen (secondary N) is 1. The molecular weight excluding hydrogens is 1090 g/mol. The van der Waals surface area contributed by atoms with Gasteiger partial charge < -0.3 is 35.2 Å². The van der Waals surface area contributed by atoms with Gasteiger partial charge in [-0.2, -0.15) is 8.42 Å². The van der Waals surface area contributed by atoms with E-state index in [1.54, 1.807) is 0 Å². The summed E-state index contributed by atoms with van der Waals surface area (Å²) in [5, 5.41) is 45.3. The second kappa shape index (κ2) is 61.9. The van der Waals surface area contributed by atoms with Crippen molar-refractivity contribution in [2.24, 2.45) is 0 Å². The molecule has 0 bridgehead atoms. The number of hydrogen-bond donors (Lipinski definition) is 6. The van der Waals surface area contributed by atoms with Crippen molar-refractivity contribution in [3.05, 3.63) is 0 Å². The van der Waals surface area contributed by atoms with E-state index in [9.17, 15) is 38.2 Å². The molecule has 0 aliphatic carbocycles. The predicted molar refractivity (Wildman–Crippen MR) is 356 cm³/mol. The van der Waals surface area contributed by atoms with Crippen LogP contribution in [-0.2, 0) is 28.9 Å².